The van der Waals surface area contributed by atoms with E-state index in [-0.39, 0.29) is 5.91 Å². The molecule has 3 rings (SSSR count). The summed E-state index contributed by atoms with van der Waals surface area (Å²) in [6, 6.07) is 3.78. The highest BCUT2D eigenvalue weighted by Gasteiger charge is 2.25. The Morgan fingerprint density at radius 3 is 2.86 bits per heavy atom. The maximum Gasteiger partial charge on any atom is 0.258 e. The van der Waals surface area contributed by atoms with Gasteiger partial charge in [-0.15, -0.1) is 22.7 Å². The molecular weight excluding hydrogens is 359 g/mol. The Morgan fingerprint density at radius 1 is 1.45 bits per heavy atom. The molecule has 0 bridgehead atoms. The van der Waals surface area contributed by atoms with Crippen molar-refractivity contribution in [3.05, 3.63) is 36.3 Å². The highest BCUT2D eigenvalue weighted by atomic mass is 35.5. The van der Waals surface area contributed by atoms with E-state index >= 15 is 0 Å². The first kappa shape index (κ1) is 15.8. The van der Waals surface area contributed by atoms with Crippen molar-refractivity contribution in [2.24, 2.45) is 5.92 Å². The van der Waals surface area contributed by atoms with Crippen LogP contribution in [-0.2, 0) is 12.8 Å². The van der Waals surface area contributed by atoms with E-state index in [2.05, 4.69) is 18.3 Å². The van der Waals surface area contributed by atoms with Gasteiger partial charge in [0.05, 0.1) is 15.5 Å². The number of nitriles is 1. The van der Waals surface area contributed by atoms with E-state index in [4.69, 9.17) is 23.2 Å². The van der Waals surface area contributed by atoms with Gasteiger partial charge in [-0.2, -0.15) is 5.26 Å². The minimum atomic E-state index is -0.323. The SMILES string of the molecule is CC1CCc2c(sc(NC(=O)c3cc(Cl)sc3Cl)c2C#N)C1. The second kappa shape index (κ2) is 6.21. The molecule has 0 aliphatic heterocycles. The second-order valence-electron chi connectivity index (χ2n) is 5.36. The fraction of sp³-hybridized carbons (Fsp3) is 0.333. The maximum absolute atomic E-state index is 12.3. The summed E-state index contributed by atoms with van der Waals surface area (Å²) in [5.74, 6) is 0.294. The van der Waals surface area contributed by atoms with Crippen molar-refractivity contribution in [3.8, 4) is 6.07 Å². The zero-order valence-electron chi connectivity index (χ0n) is 11.7. The third-order valence-corrected chi connectivity index (χ3v) is 6.41. The second-order valence-corrected chi connectivity index (χ2v) is 8.75. The first-order chi connectivity index (χ1) is 10.5. The molecule has 0 radical (unpaired) electrons. The Morgan fingerprint density at radius 2 is 2.23 bits per heavy atom. The Hall–Kier alpha value is -1.06. The lowest BCUT2D eigenvalue weighted by atomic mass is 9.88. The molecule has 1 aliphatic rings. The van der Waals surface area contributed by atoms with Crippen LogP contribution in [-0.4, -0.2) is 5.91 Å². The number of carbonyl (C=O) groups excluding carboxylic acids is 1. The number of amides is 1. The third kappa shape index (κ3) is 2.89. The molecule has 0 fully saturated rings. The van der Waals surface area contributed by atoms with Crippen LogP contribution in [0.5, 0.6) is 0 Å². The van der Waals surface area contributed by atoms with Crippen molar-refractivity contribution in [2.45, 2.75) is 26.2 Å². The number of nitrogens with zero attached hydrogens (tertiary/aromatic N) is 1. The number of rotatable bonds is 2. The van der Waals surface area contributed by atoms with Crippen molar-refractivity contribution in [2.75, 3.05) is 5.32 Å². The van der Waals surface area contributed by atoms with E-state index in [0.717, 1.165) is 36.2 Å². The molecule has 0 spiro atoms. The predicted molar refractivity (Wildman–Crippen MR) is 92.5 cm³/mol. The van der Waals surface area contributed by atoms with E-state index in [0.29, 0.717) is 30.7 Å². The minimum absolute atomic E-state index is 0.323. The number of carbonyl (C=O) groups is 1. The first-order valence-corrected chi connectivity index (χ1v) is 9.19. The van der Waals surface area contributed by atoms with Gasteiger partial charge in [0.2, 0.25) is 0 Å². The molecule has 2 aromatic rings. The van der Waals surface area contributed by atoms with Crippen LogP contribution in [0.4, 0.5) is 5.00 Å². The van der Waals surface area contributed by atoms with Crippen LogP contribution in [0, 0.1) is 17.2 Å². The van der Waals surface area contributed by atoms with Gasteiger partial charge >= 0.3 is 0 Å². The summed E-state index contributed by atoms with van der Waals surface area (Å²) in [5, 5.41) is 12.9. The first-order valence-electron chi connectivity index (χ1n) is 6.80. The van der Waals surface area contributed by atoms with Gasteiger partial charge in [0.25, 0.3) is 5.91 Å². The smallest absolute Gasteiger partial charge is 0.258 e. The number of thiophene rings is 2. The zero-order valence-corrected chi connectivity index (χ0v) is 14.8. The van der Waals surface area contributed by atoms with Gasteiger partial charge in [-0.05, 0) is 36.8 Å². The Balaban J connectivity index is 1.91. The quantitative estimate of drug-likeness (QED) is 0.772. The number of nitrogens with one attached hydrogen (secondary N) is 1. The number of fused-ring (bicyclic) bond motifs is 1. The highest BCUT2D eigenvalue weighted by molar-refractivity contribution is 7.20. The number of hydrogen-bond acceptors (Lipinski definition) is 4. The van der Waals surface area contributed by atoms with Crippen LogP contribution in [0.25, 0.3) is 0 Å². The van der Waals surface area contributed by atoms with Gasteiger partial charge in [0, 0.05) is 4.88 Å². The van der Waals surface area contributed by atoms with Gasteiger partial charge in [-0.3, -0.25) is 4.79 Å². The molecule has 114 valence electrons. The molecule has 0 saturated heterocycles. The van der Waals surface area contributed by atoms with Crippen molar-refractivity contribution >= 4 is 56.8 Å². The molecule has 1 unspecified atom stereocenters. The third-order valence-electron chi connectivity index (χ3n) is 3.75. The lowest BCUT2D eigenvalue weighted by Crippen LogP contribution is -2.11. The fourth-order valence-corrected chi connectivity index (χ4v) is 5.44. The molecule has 2 heterocycles. The largest absolute Gasteiger partial charge is 0.312 e. The Bertz CT molecular complexity index is 788. The van der Waals surface area contributed by atoms with Crippen LogP contribution < -0.4 is 5.32 Å². The topological polar surface area (TPSA) is 52.9 Å². The van der Waals surface area contributed by atoms with E-state index in [1.165, 1.54) is 16.2 Å². The van der Waals surface area contributed by atoms with E-state index in [1.807, 2.05) is 0 Å². The standard InChI is InChI=1S/C15H12Cl2N2OS2/c1-7-2-3-8-10(6-18)15(21-11(8)4-7)19-14(20)9-5-12(16)22-13(9)17/h5,7H,2-4H2,1H3,(H,19,20). The van der Waals surface area contributed by atoms with E-state index < -0.39 is 0 Å². The van der Waals surface area contributed by atoms with Crippen molar-refractivity contribution in [1.29, 1.82) is 5.26 Å². The van der Waals surface area contributed by atoms with Gasteiger partial charge in [0.15, 0.2) is 0 Å². The van der Waals surface area contributed by atoms with Crippen LogP contribution in [0.15, 0.2) is 6.07 Å². The van der Waals surface area contributed by atoms with Gasteiger partial charge in [0.1, 0.15) is 15.4 Å². The lowest BCUT2D eigenvalue weighted by Gasteiger charge is -2.17. The molecule has 1 aliphatic carbocycles. The molecular formula is C15H12Cl2N2OS2. The predicted octanol–water partition coefficient (Wildman–Crippen LogP) is 5.37. The molecule has 1 amide bonds. The molecule has 0 saturated carbocycles. The lowest BCUT2D eigenvalue weighted by molar-refractivity contribution is 0.102. The van der Waals surface area contributed by atoms with Gasteiger partial charge in [-0.1, -0.05) is 30.1 Å². The molecule has 2 aromatic heterocycles. The molecule has 7 heteroatoms. The van der Waals surface area contributed by atoms with Crippen LogP contribution >= 0.6 is 45.9 Å². The molecule has 3 nitrogen and oxygen atoms in total. The number of hydrogen-bond donors (Lipinski definition) is 1. The summed E-state index contributed by atoms with van der Waals surface area (Å²) >= 11 is 14.5. The minimum Gasteiger partial charge on any atom is -0.312 e. The monoisotopic (exact) mass is 370 g/mol. The maximum atomic E-state index is 12.3. The molecule has 1 atom stereocenters. The Kier molecular flexibility index (Phi) is 4.47. The van der Waals surface area contributed by atoms with Gasteiger partial charge in [-0.25, -0.2) is 0 Å². The average molecular weight is 371 g/mol. The van der Waals surface area contributed by atoms with Crippen molar-refractivity contribution in [3.63, 3.8) is 0 Å². The highest BCUT2D eigenvalue weighted by Crippen LogP contribution is 2.40. The average Bonchev–Trinajstić information content (AvgIpc) is 2.97. The Labute approximate surface area is 146 Å². The van der Waals surface area contributed by atoms with Crippen LogP contribution in [0.3, 0.4) is 0 Å². The summed E-state index contributed by atoms with van der Waals surface area (Å²) in [5.41, 5.74) is 2.04. The normalized spacial score (nSPS) is 16.9. The summed E-state index contributed by atoms with van der Waals surface area (Å²) in [6.45, 7) is 2.21. The van der Waals surface area contributed by atoms with Crippen molar-refractivity contribution < 1.29 is 4.79 Å². The molecule has 1 N–H and O–H groups in total. The number of halogens is 2. The number of anilines is 1. The summed E-state index contributed by atoms with van der Waals surface area (Å²) in [6.07, 6.45) is 2.95. The van der Waals surface area contributed by atoms with Gasteiger partial charge < -0.3 is 5.32 Å². The van der Waals surface area contributed by atoms with Crippen molar-refractivity contribution in [1.82, 2.24) is 0 Å². The molecule has 0 aromatic carbocycles. The summed E-state index contributed by atoms with van der Waals surface area (Å²) in [7, 11) is 0. The molecule has 22 heavy (non-hydrogen) atoms. The van der Waals surface area contributed by atoms with E-state index in [9.17, 15) is 10.1 Å². The summed E-state index contributed by atoms with van der Waals surface area (Å²) < 4.78 is 0.825. The fourth-order valence-electron chi connectivity index (χ4n) is 2.62. The zero-order chi connectivity index (χ0) is 15.9. The van der Waals surface area contributed by atoms with Crippen LogP contribution in [0.2, 0.25) is 8.67 Å². The summed E-state index contributed by atoms with van der Waals surface area (Å²) in [4.78, 5) is 13.6. The van der Waals surface area contributed by atoms with E-state index in [1.54, 1.807) is 6.07 Å². The van der Waals surface area contributed by atoms with Crippen LogP contribution in [0.1, 0.15) is 39.7 Å².